The van der Waals surface area contributed by atoms with Crippen LogP contribution in [0.15, 0.2) is 22.6 Å². The molecule has 204 valence electrons. The lowest BCUT2D eigenvalue weighted by molar-refractivity contribution is -0.156. The largest absolute Gasteiger partial charge is 0.457 e. The Morgan fingerprint density at radius 3 is 2.57 bits per heavy atom. The number of nitrogens with zero attached hydrogens (tertiary/aromatic N) is 1. The van der Waals surface area contributed by atoms with Crippen LogP contribution in [0.5, 0.6) is 0 Å². The summed E-state index contributed by atoms with van der Waals surface area (Å²) in [5.41, 5.74) is 0.146. The predicted octanol–water partition coefficient (Wildman–Crippen LogP) is 3.62. The fourth-order valence-corrected chi connectivity index (χ4v) is 5.48. The van der Waals surface area contributed by atoms with Gasteiger partial charge in [0.1, 0.15) is 24.0 Å². The first-order valence-corrected chi connectivity index (χ1v) is 13.1. The molecule has 7 atom stereocenters. The van der Waals surface area contributed by atoms with E-state index in [-0.39, 0.29) is 42.3 Å². The molecule has 2 saturated heterocycles. The summed E-state index contributed by atoms with van der Waals surface area (Å²) in [6, 6.07) is 5.28. The molecule has 3 unspecified atom stereocenters. The van der Waals surface area contributed by atoms with Gasteiger partial charge in [0, 0.05) is 12.3 Å². The number of aliphatic hydroxyl groups is 3. The van der Waals surface area contributed by atoms with E-state index in [0.29, 0.717) is 23.1 Å². The van der Waals surface area contributed by atoms with E-state index in [1.807, 2.05) is 13.8 Å². The number of rotatable bonds is 2. The first-order valence-electron chi connectivity index (χ1n) is 13.1. The maximum atomic E-state index is 13.3. The van der Waals surface area contributed by atoms with Gasteiger partial charge in [-0.15, -0.1) is 0 Å². The Morgan fingerprint density at radius 2 is 1.86 bits per heavy atom. The lowest BCUT2D eigenvalue weighted by Gasteiger charge is -2.34. The van der Waals surface area contributed by atoms with Crippen molar-refractivity contribution in [2.45, 2.75) is 103 Å². The van der Waals surface area contributed by atoms with Gasteiger partial charge < -0.3 is 29.2 Å². The number of ketones is 1. The Labute approximate surface area is 217 Å². The minimum absolute atomic E-state index is 0.101. The van der Waals surface area contributed by atoms with Crippen molar-refractivity contribution in [1.29, 1.82) is 0 Å². The summed E-state index contributed by atoms with van der Waals surface area (Å²) in [5, 5.41) is 31.1. The molecule has 0 amide bonds. The highest BCUT2D eigenvalue weighted by Crippen LogP contribution is 2.46. The third-order valence-corrected chi connectivity index (χ3v) is 8.37. The Hall–Kier alpha value is -2.33. The molecule has 2 aliphatic rings. The molecule has 2 fully saturated rings. The second kappa shape index (κ2) is 10.4. The Balaban J connectivity index is 1.62. The number of aliphatic hydroxyl groups excluding tert-OH is 3. The van der Waals surface area contributed by atoms with Gasteiger partial charge in [-0.05, 0) is 43.4 Å². The van der Waals surface area contributed by atoms with Crippen LogP contribution in [0, 0.1) is 17.3 Å². The van der Waals surface area contributed by atoms with Crippen LogP contribution >= 0.6 is 0 Å². The zero-order valence-corrected chi connectivity index (χ0v) is 22.3. The Bertz CT molecular complexity index is 1140. The van der Waals surface area contributed by atoms with Crippen molar-refractivity contribution in [3.05, 3.63) is 29.7 Å². The molecular formula is C28H39NO8. The highest BCUT2D eigenvalue weighted by Gasteiger charge is 2.53. The maximum Gasteiger partial charge on any atom is 0.309 e. The zero-order chi connectivity index (χ0) is 27.1. The second-order valence-electron chi connectivity index (χ2n) is 11.6. The average molecular weight is 518 g/mol. The number of Topliss-reactive ketones (excluding diaryl/α,β-unsaturated/α-hetero) is 1. The second-order valence-corrected chi connectivity index (χ2v) is 11.6. The number of carbonyl (C=O) groups is 2. The molecule has 9 heteroatoms. The summed E-state index contributed by atoms with van der Waals surface area (Å²) in [4.78, 5) is 30.5. The fourth-order valence-electron chi connectivity index (χ4n) is 5.48. The zero-order valence-electron chi connectivity index (χ0n) is 22.3. The van der Waals surface area contributed by atoms with Crippen molar-refractivity contribution in [2.75, 3.05) is 0 Å². The van der Waals surface area contributed by atoms with Gasteiger partial charge in [-0.25, -0.2) is 4.98 Å². The van der Waals surface area contributed by atoms with Gasteiger partial charge in [0.15, 0.2) is 5.58 Å². The summed E-state index contributed by atoms with van der Waals surface area (Å²) >= 11 is 0. The monoisotopic (exact) mass is 517 g/mol. The van der Waals surface area contributed by atoms with Crippen LogP contribution in [0.2, 0.25) is 0 Å². The summed E-state index contributed by atoms with van der Waals surface area (Å²) in [6.45, 7) is 8.53. The standard InChI is InChI=1S/C28H39NO8/c1-15-7-6-10-28(5)22(37-28)12-20(17-8-9-19-18(11-17)29-23(14-30)35-19)36-24(32)13-21(31)27(3,4)26(34)16(2)25(15)33/h8-9,11,15-16,20-22,25,30-31,33H,6-7,10,12-14H2,1-5H3/t15?,16?,20-,21?,22-,25-,28+/m0/s1. The highest BCUT2D eigenvalue weighted by molar-refractivity contribution is 5.88. The molecule has 4 rings (SSSR count). The molecule has 2 aliphatic heterocycles. The molecule has 3 N–H and O–H groups in total. The molecular weight excluding hydrogens is 478 g/mol. The molecule has 0 spiro atoms. The Kier molecular flexibility index (Phi) is 7.82. The van der Waals surface area contributed by atoms with Gasteiger partial charge in [0.05, 0.1) is 35.7 Å². The molecule has 0 bridgehead atoms. The first-order chi connectivity index (χ1) is 17.4. The van der Waals surface area contributed by atoms with Crippen LogP contribution < -0.4 is 0 Å². The summed E-state index contributed by atoms with van der Waals surface area (Å²) in [6.07, 6.45) is -0.506. The average Bonchev–Trinajstić information content (AvgIpc) is 3.29. The van der Waals surface area contributed by atoms with Crippen LogP contribution in [-0.2, 0) is 25.7 Å². The number of oxazole rings is 1. The van der Waals surface area contributed by atoms with Crippen molar-refractivity contribution in [3.63, 3.8) is 0 Å². The number of aromatic nitrogens is 1. The van der Waals surface area contributed by atoms with Gasteiger partial charge in [-0.3, -0.25) is 9.59 Å². The normalized spacial score (nSPS) is 35.7. The van der Waals surface area contributed by atoms with Crippen LogP contribution in [0.4, 0.5) is 0 Å². The van der Waals surface area contributed by atoms with E-state index in [0.717, 1.165) is 19.3 Å². The van der Waals surface area contributed by atoms with Crippen molar-refractivity contribution >= 4 is 22.9 Å². The van der Waals surface area contributed by atoms with E-state index in [2.05, 4.69) is 4.98 Å². The van der Waals surface area contributed by atoms with E-state index >= 15 is 0 Å². The van der Waals surface area contributed by atoms with E-state index in [1.54, 1.807) is 39.0 Å². The van der Waals surface area contributed by atoms with Gasteiger partial charge in [0.2, 0.25) is 5.89 Å². The van der Waals surface area contributed by atoms with Crippen molar-refractivity contribution in [2.24, 2.45) is 17.3 Å². The molecule has 2 aromatic rings. The smallest absolute Gasteiger partial charge is 0.309 e. The lowest BCUT2D eigenvalue weighted by atomic mass is 9.73. The number of carbonyl (C=O) groups excluding carboxylic acids is 2. The quantitative estimate of drug-likeness (QED) is 0.402. The van der Waals surface area contributed by atoms with E-state index in [1.165, 1.54) is 0 Å². The minimum atomic E-state index is -1.28. The number of ether oxygens (including phenoxy) is 2. The highest BCUT2D eigenvalue weighted by atomic mass is 16.6. The van der Waals surface area contributed by atoms with Gasteiger partial charge in [-0.1, -0.05) is 40.2 Å². The molecule has 1 aromatic heterocycles. The predicted molar refractivity (Wildman–Crippen MR) is 134 cm³/mol. The number of hydrogen-bond donors (Lipinski definition) is 3. The number of cyclic esters (lactones) is 1. The summed E-state index contributed by atoms with van der Waals surface area (Å²) in [5.74, 6) is -1.51. The molecule has 9 nitrogen and oxygen atoms in total. The molecule has 1 aromatic carbocycles. The maximum absolute atomic E-state index is 13.3. The lowest BCUT2D eigenvalue weighted by Crippen LogP contribution is -2.45. The van der Waals surface area contributed by atoms with Gasteiger partial charge in [-0.2, -0.15) is 0 Å². The van der Waals surface area contributed by atoms with Gasteiger partial charge >= 0.3 is 5.97 Å². The number of epoxide rings is 1. The molecule has 0 aliphatic carbocycles. The first kappa shape index (κ1) is 27.7. The van der Waals surface area contributed by atoms with E-state index < -0.39 is 35.6 Å². The molecule has 0 radical (unpaired) electrons. The number of benzene rings is 1. The molecule has 37 heavy (non-hydrogen) atoms. The summed E-state index contributed by atoms with van der Waals surface area (Å²) in [7, 11) is 0. The van der Waals surface area contributed by atoms with Crippen LogP contribution in [0.25, 0.3) is 11.1 Å². The van der Waals surface area contributed by atoms with Crippen LogP contribution in [0.1, 0.15) is 84.3 Å². The van der Waals surface area contributed by atoms with E-state index in [9.17, 15) is 24.9 Å². The van der Waals surface area contributed by atoms with Crippen molar-refractivity contribution in [1.82, 2.24) is 4.98 Å². The van der Waals surface area contributed by atoms with E-state index in [4.69, 9.17) is 13.9 Å². The third-order valence-electron chi connectivity index (χ3n) is 8.37. The number of fused-ring (bicyclic) bond motifs is 2. The fraction of sp³-hybridized carbons (Fsp3) is 0.679. The number of hydrogen-bond acceptors (Lipinski definition) is 9. The minimum Gasteiger partial charge on any atom is -0.457 e. The molecule has 0 saturated carbocycles. The van der Waals surface area contributed by atoms with Crippen molar-refractivity contribution < 1.29 is 38.8 Å². The SMILES string of the molecule is CC1CCC[C@@]2(C)O[C@H]2C[C@@H](c2ccc3oc(CO)nc3c2)OC(=O)CC(O)C(C)(C)C(=O)C(C)[C@H]1O. The summed E-state index contributed by atoms with van der Waals surface area (Å²) < 4.78 is 17.4. The Morgan fingerprint density at radius 1 is 1.14 bits per heavy atom. The van der Waals surface area contributed by atoms with Crippen LogP contribution in [0.3, 0.4) is 0 Å². The third kappa shape index (κ3) is 5.74. The topological polar surface area (TPSA) is 143 Å². The number of esters is 1. The molecule has 3 heterocycles. The van der Waals surface area contributed by atoms with Gasteiger partial charge in [0.25, 0.3) is 0 Å². The van der Waals surface area contributed by atoms with Crippen molar-refractivity contribution in [3.8, 4) is 0 Å². The van der Waals surface area contributed by atoms with Crippen LogP contribution in [-0.4, -0.2) is 56.0 Å².